The predicted octanol–water partition coefficient (Wildman–Crippen LogP) is 2.86. The molecule has 84 valence electrons. The Hall–Kier alpha value is -0.800. The molecule has 0 radical (unpaired) electrons. The van der Waals surface area contributed by atoms with Gasteiger partial charge in [-0.25, -0.2) is 10.1 Å². The number of nitro groups is 1. The van der Waals surface area contributed by atoms with Crippen LogP contribution in [0.2, 0.25) is 0 Å². The lowest BCUT2D eigenvalue weighted by Gasteiger charge is -2.13. The van der Waals surface area contributed by atoms with E-state index in [1.807, 2.05) is 0 Å². The van der Waals surface area contributed by atoms with Crippen molar-refractivity contribution in [3.8, 4) is 0 Å². The van der Waals surface area contributed by atoms with Crippen molar-refractivity contribution in [3.05, 3.63) is 10.1 Å². The summed E-state index contributed by atoms with van der Waals surface area (Å²) in [6, 6.07) is 0. The zero-order chi connectivity index (χ0) is 10.8. The lowest BCUT2D eigenvalue weighted by atomic mass is 10.2. The summed E-state index contributed by atoms with van der Waals surface area (Å²) in [5.41, 5.74) is 0. The standard InChI is InChI=1S/C10H22N2O2/c1-3-5-7-9-11(12(13)14)10-8-6-4-2/h3-10H2,1-2H3. The summed E-state index contributed by atoms with van der Waals surface area (Å²) < 4.78 is 0. The number of hydrogen-bond acceptors (Lipinski definition) is 2. The van der Waals surface area contributed by atoms with E-state index in [2.05, 4.69) is 13.8 Å². The van der Waals surface area contributed by atoms with E-state index in [0.717, 1.165) is 38.5 Å². The van der Waals surface area contributed by atoms with E-state index in [-0.39, 0.29) is 5.03 Å². The first-order valence-electron chi connectivity index (χ1n) is 5.61. The fourth-order valence-corrected chi connectivity index (χ4v) is 1.36. The molecule has 0 spiro atoms. The third-order valence-electron chi connectivity index (χ3n) is 2.27. The van der Waals surface area contributed by atoms with E-state index in [0.29, 0.717) is 13.1 Å². The minimum Gasteiger partial charge on any atom is -0.235 e. The Morgan fingerprint density at radius 3 is 1.71 bits per heavy atom. The highest BCUT2D eigenvalue weighted by Gasteiger charge is 2.11. The van der Waals surface area contributed by atoms with Crippen molar-refractivity contribution in [3.63, 3.8) is 0 Å². The molecule has 0 aliphatic rings. The molecule has 0 rings (SSSR count). The predicted molar refractivity (Wildman–Crippen MR) is 57.6 cm³/mol. The third kappa shape index (κ3) is 6.69. The summed E-state index contributed by atoms with van der Waals surface area (Å²) in [6.07, 6.45) is 6.25. The number of hydrazine groups is 1. The highest BCUT2D eigenvalue weighted by molar-refractivity contribution is 4.48. The van der Waals surface area contributed by atoms with Gasteiger partial charge in [-0.3, -0.25) is 0 Å². The average molecular weight is 202 g/mol. The average Bonchev–Trinajstić information content (AvgIpc) is 2.15. The second-order valence-corrected chi connectivity index (χ2v) is 3.61. The first-order valence-corrected chi connectivity index (χ1v) is 5.61. The zero-order valence-electron chi connectivity index (χ0n) is 9.37. The van der Waals surface area contributed by atoms with Crippen molar-refractivity contribution in [2.45, 2.75) is 52.4 Å². The van der Waals surface area contributed by atoms with E-state index in [1.165, 1.54) is 5.01 Å². The quantitative estimate of drug-likeness (QED) is 0.328. The van der Waals surface area contributed by atoms with Crippen molar-refractivity contribution in [2.75, 3.05) is 13.1 Å². The number of unbranched alkanes of at least 4 members (excludes halogenated alkanes) is 4. The molecule has 14 heavy (non-hydrogen) atoms. The molecule has 0 saturated heterocycles. The first kappa shape index (κ1) is 13.2. The summed E-state index contributed by atoms with van der Waals surface area (Å²) in [5.74, 6) is 0. The Morgan fingerprint density at radius 2 is 1.43 bits per heavy atom. The zero-order valence-corrected chi connectivity index (χ0v) is 9.37. The van der Waals surface area contributed by atoms with Gasteiger partial charge in [0.2, 0.25) is 0 Å². The normalized spacial score (nSPS) is 10.1. The fraction of sp³-hybridized carbons (Fsp3) is 1.00. The second-order valence-electron chi connectivity index (χ2n) is 3.61. The molecule has 4 nitrogen and oxygen atoms in total. The van der Waals surface area contributed by atoms with Crippen LogP contribution < -0.4 is 0 Å². The Bertz CT molecular complexity index is 141. The molecule has 0 aromatic rings. The van der Waals surface area contributed by atoms with Crippen LogP contribution in [0.25, 0.3) is 0 Å². The molecule has 4 heteroatoms. The Balaban J connectivity index is 3.61. The van der Waals surface area contributed by atoms with Gasteiger partial charge < -0.3 is 0 Å². The van der Waals surface area contributed by atoms with Crippen molar-refractivity contribution in [2.24, 2.45) is 0 Å². The minimum atomic E-state index is -0.259. The van der Waals surface area contributed by atoms with Crippen molar-refractivity contribution >= 4 is 0 Å². The topological polar surface area (TPSA) is 46.4 Å². The maximum atomic E-state index is 10.6. The number of nitrogens with zero attached hydrogens (tertiary/aromatic N) is 2. The van der Waals surface area contributed by atoms with Gasteiger partial charge in [0, 0.05) is 0 Å². The van der Waals surface area contributed by atoms with Crippen molar-refractivity contribution < 1.29 is 5.03 Å². The molecule has 0 fully saturated rings. The maximum absolute atomic E-state index is 10.6. The Labute approximate surface area is 86.4 Å². The van der Waals surface area contributed by atoms with E-state index < -0.39 is 0 Å². The van der Waals surface area contributed by atoms with Gasteiger partial charge in [-0.15, -0.1) is 5.01 Å². The van der Waals surface area contributed by atoms with E-state index in [4.69, 9.17) is 0 Å². The van der Waals surface area contributed by atoms with Crippen LogP contribution in [0.3, 0.4) is 0 Å². The Morgan fingerprint density at radius 1 is 1.00 bits per heavy atom. The minimum absolute atomic E-state index is 0.259. The van der Waals surface area contributed by atoms with Crippen LogP contribution in [-0.4, -0.2) is 23.1 Å². The van der Waals surface area contributed by atoms with Crippen molar-refractivity contribution in [1.29, 1.82) is 0 Å². The van der Waals surface area contributed by atoms with Crippen LogP contribution in [0, 0.1) is 10.1 Å². The summed E-state index contributed by atoms with van der Waals surface area (Å²) in [4.78, 5) is 10.6. The van der Waals surface area contributed by atoms with Crippen LogP contribution in [0.1, 0.15) is 52.4 Å². The molecule has 0 bridgehead atoms. The fourth-order valence-electron chi connectivity index (χ4n) is 1.36. The lowest BCUT2D eigenvalue weighted by Crippen LogP contribution is -2.31. The summed E-state index contributed by atoms with van der Waals surface area (Å²) in [6.45, 7) is 5.41. The van der Waals surface area contributed by atoms with Crippen molar-refractivity contribution in [1.82, 2.24) is 5.01 Å². The van der Waals surface area contributed by atoms with Crippen LogP contribution in [-0.2, 0) is 0 Å². The molecule has 0 heterocycles. The lowest BCUT2D eigenvalue weighted by molar-refractivity contribution is -0.655. The number of hydrogen-bond donors (Lipinski definition) is 0. The van der Waals surface area contributed by atoms with Gasteiger partial charge in [-0.05, 0) is 12.8 Å². The van der Waals surface area contributed by atoms with E-state index in [9.17, 15) is 10.1 Å². The summed E-state index contributed by atoms with van der Waals surface area (Å²) >= 11 is 0. The molecular formula is C10H22N2O2. The van der Waals surface area contributed by atoms with Gasteiger partial charge in [-0.1, -0.05) is 39.5 Å². The maximum Gasteiger partial charge on any atom is 0.160 e. The molecular weight excluding hydrogens is 180 g/mol. The smallest absolute Gasteiger partial charge is 0.160 e. The highest BCUT2D eigenvalue weighted by atomic mass is 16.7. The summed E-state index contributed by atoms with van der Waals surface area (Å²) in [7, 11) is 0. The van der Waals surface area contributed by atoms with Crippen LogP contribution >= 0.6 is 0 Å². The molecule has 0 unspecified atom stereocenters. The van der Waals surface area contributed by atoms with Gasteiger partial charge in [-0.2, -0.15) is 0 Å². The molecule has 0 aromatic carbocycles. The van der Waals surface area contributed by atoms with E-state index in [1.54, 1.807) is 0 Å². The monoisotopic (exact) mass is 202 g/mol. The van der Waals surface area contributed by atoms with Crippen LogP contribution in [0.4, 0.5) is 0 Å². The molecule has 0 amide bonds. The first-order chi connectivity index (χ1) is 6.72. The molecule has 0 atom stereocenters. The van der Waals surface area contributed by atoms with Gasteiger partial charge in [0.25, 0.3) is 0 Å². The molecule has 0 aliphatic heterocycles. The van der Waals surface area contributed by atoms with Gasteiger partial charge >= 0.3 is 0 Å². The SMILES string of the molecule is CCCCCN(CCCCC)[N+](=O)[O-]. The molecule has 0 saturated carbocycles. The second kappa shape index (κ2) is 8.78. The van der Waals surface area contributed by atoms with Crippen LogP contribution in [0.15, 0.2) is 0 Å². The van der Waals surface area contributed by atoms with Gasteiger partial charge in [0.15, 0.2) is 5.03 Å². The molecule has 0 aromatic heterocycles. The van der Waals surface area contributed by atoms with Gasteiger partial charge in [0.1, 0.15) is 0 Å². The number of rotatable bonds is 9. The molecule has 0 aliphatic carbocycles. The van der Waals surface area contributed by atoms with E-state index >= 15 is 0 Å². The van der Waals surface area contributed by atoms with Crippen LogP contribution in [0.5, 0.6) is 0 Å². The Kier molecular flexibility index (Phi) is 8.28. The van der Waals surface area contributed by atoms with Gasteiger partial charge in [0.05, 0.1) is 13.1 Å². The molecule has 0 N–H and O–H groups in total. The third-order valence-corrected chi connectivity index (χ3v) is 2.27. The highest BCUT2D eigenvalue weighted by Crippen LogP contribution is 2.02. The summed E-state index contributed by atoms with van der Waals surface area (Å²) in [5, 5.41) is 11.7. The largest absolute Gasteiger partial charge is 0.235 e.